The third-order valence-electron chi connectivity index (χ3n) is 4.60. The summed E-state index contributed by atoms with van der Waals surface area (Å²) in [5.41, 5.74) is 0.997. The van der Waals surface area contributed by atoms with Crippen LogP contribution in [0.2, 0.25) is 0 Å². The van der Waals surface area contributed by atoms with E-state index in [1.54, 1.807) is 11.3 Å². The van der Waals surface area contributed by atoms with Gasteiger partial charge < -0.3 is 0 Å². The fourth-order valence-electron chi connectivity index (χ4n) is 2.98. The van der Waals surface area contributed by atoms with E-state index in [1.807, 2.05) is 24.4 Å². The van der Waals surface area contributed by atoms with Crippen LogP contribution < -0.4 is 4.72 Å². The van der Waals surface area contributed by atoms with E-state index in [0.29, 0.717) is 18.4 Å². The number of thiazole rings is 1. The molecule has 1 aromatic heterocycles. The standard InChI is InChI=1S/C17H24N4O2S2/c1-21(2)25(22,23)19-12-14-9-7-13(8-10-14)11-18-17-20-15-5-3-4-6-16(15)24-17/h3-6,11,13-14,19H,7-10,12H2,1-2H3/b18-11-. The molecule has 0 atom stereocenters. The monoisotopic (exact) mass is 380 g/mol. The van der Waals surface area contributed by atoms with E-state index in [4.69, 9.17) is 0 Å². The Morgan fingerprint density at radius 3 is 2.68 bits per heavy atom. The van der Waals surface area contributed by atoms with Crippen LogP contribution in [0.5, 0.6) is 0 Å². The molecule has 0 unspecified atom stereocenters. The molecule has 8 heteroatoms. The van der Waals surface area contributed by atoms with Crippen molar-refractivity contribution < 1.29 is 8.42 Å². The molecule has 3 rings (SSSR count). The summed E-state index contributed by atoms with van der Waals surface area (Å²) >= 11 is 1.61. The summed E-state index contributed by atoms with van der Waals surface area (Å²) in [5, 5.41) is 0.807. The quantitative estimate of drug-likeness (QED) is 0.782. The van der Waals surface area contributed by atoms with Crippen LogP contribution in [0.1, 0.15) is 25.7 Å². The zero-order chi connectivity index (χ0) is 17.9. The van der Waals surface area contributed by atoms with Crippen molar-refractivity contribution in [3.63, 3.8) is 0 Å². The number of aliphatic imine (C=N–C) groups is 1. The SMILES string of the molecule is CN(C)S(=O)(=O)NCC1CCC(/C=N\c2nc3ccccc3s2)CC1. The lowest BCUT2D eigenvalue weighted by molar-refractivity contribution is 0.323. The third kappa shape index (κ3) is 4.84. The predicted octanol–water partition coefficient (Wildman–Crippen LogP) is 3.20. The van der Waals surface area contributed by atoms with E-state index in [9.17, 15) is 8.42 Å². The molecular formula is C17H24N4O2S2. The molecule has 0 radical (unpaired) electrons. The maximum atomic E-state index is 11.8. The van der Waals surface area contributed by atoms with E-state index in [2.05, 4.69) is 20.8 Å². The molecular weight excluding hydrogens is 356 g/mol. The maximum Gasteiger partial charge on any atom is 0.278 e. The normalized spacial score (nSPS) is 22.2. The molecule has 6 nitrogen and oxygen atoms in total. The maximum absolute atomic E-state index is 11.8. The second-order valence-electron chi connectivity index (χ2n) is 6.66. The molecule has 0 bridgehead atoms. The van der Waals surface area contributed by atoms with Gasteiger partial charge in [0.2, 0.25) is 5.13 Å². The predicted molar refractivity (Wildman–Crippen MR) is 104 cm³/mol. The van der Waals surface area contributed by atoms with Gasteiger partial charge in [-0.3, -0.25) is 0 Å². The van der Waals surface area contributed by atoms with Crippen molar-refractivity contribution >= 4 is 43.1 Å². The summed E-state index contributed by atoms with van der Waals surface area (Å²) in [6.45, 7) is 0.516. The highest BCUT2D eigenvalue weighted by atomic mass is 32.2. The Kier molecular flexibility index (Phi) is 5.83. The molecule has 1 aliphatic rings. The van der Waals surface area contributed by atoms with Crippen LogP contribution in [0.15, 0.2) is 29.3 Å². The summed E-state index contributed by atoms with van der Waals surface area (Å²) in [6.07, 6.45) is 6.16. The van der Waals surface area contributed by atoms with Crippen molar-refractivity contribution in [2.24, 2.45) is 16.8 Å². The van der Waals surface area contributed by atoms with E-state index < -0.39 is 10.2 Å². The zero-order valence-corrected chi connectivity index (χ0v) is 16.2. The van der Waals surface area contributed by atoms with Crippen LogP contribution in [0.25, 0.3) is 10.2 Å². The molecule has 25 heavy (non-hydrogen) atoms. The minimum absolute atomic E-state index is 0.404. The van der Waals surface area contributed by atoms with Crippen molar-refractivity contribution in [1.82, 2.24) is 14.0 Å². The Labute approximate surface area is 153 Å². The number of hydrogen-bond donors (Lipinski definition) is 1. The number of benzene rings is 1. The Bertz CT molecular complexity index is 804. The lowest BCUT2D eigenvalue weighted by Crippen LogP contribution is -2.39. The molecule has 1 heterocycles. The van der Waals surface area contributed by atoms with Crippen LogP contribution in [-0.2, 0) is 10.2 Å². The summed E-state index contributed by atoms with van der Waals surface area (Å²) in [4.78, 5) is 9.09. The average Bonchev–Trinajstić information content (AvgIpc) is 3.02. The van der Waals surface area contributed by atoms with Gasteiger partial charge in [-0.2, -0.15) is 12.7 Å². The summed E-state index contributed by atoms with van der Waals surface area (Å²) < 4.78 is 28.6. The first-order valence-electron chi connectivity index (χ1n) is 8.51. The van der Waals surface area contributed by atoms with E-state index in [0.717, 1.165) is 41.0 Å². The second kappa shape index (κ2) is 7.90. The molecule has 2 aromatic rings. The van der Waals surface area contributed by atoms with E-state index in [-0.39, 0.29) is 0 Å². The zero-order valence-electron chi connectivity index (χ0n) is 14.6. The smallest absolute Gasteiger partial charge is 0.232 e. The molecule has 1 saturated carbocycles. The molecule has 1 aromatic carbocycles. The van der Waals surface area contributed by atoms with Gasteiger partial charge >= 0.3 is 0 Å². The lowest BCUT2D eigenvalue weighted by Gasteiger charge is -2.26. The van der Waals surface area contributed by atoms with Gasteiger partial charge in [-0.15, -0.1) is 0 Å². The number of para-hydroxylation sites is 1. The molecule has 0 amide bonds. The molecule has 0 saturated heterocycles. The molecule has 0 spiro atoms. The molecule has 0 aliphatic heterocycles. The summed E-state index contributed by atoms with van der Waals surface area (Å²) in [7, 11) is -0.241. The number of nitrogens with zero attached hydrogens (tertiary/aromatic N) is 3. The van der Waals surface area contributed by atoms with Crippen molar-refractivity contribution in [3.8, 4) is 0 Å². The van der Waals surface area contributed by atoms with Crippen LogP contribution in [0, 0.1) is 11.8 Å². The van der Waals surface area contributed by atoms with Gasteiger partial charge in [0.05, 0.1) is 10.2 Å². The average molecular weight is 381 g/mol. The van der Waals surface area contributed by atoms with Crippen molar-refractivity contribution in [2.75, 3.05) is 20.6 Å². The molecule has 1 aliphatic carbocycles. The van der Waals surface area contributed by atoms with Crippen LogP contribution in [0.4, 0.5) is 5.13 Å². The Balaban J connectivity index is 1.49. The molecule has 136 valence electrons. The van der Waals surface area contributed by atoms with Gasteiger partial charge in [-0.25, -0.2) is 14.7 Å². The van der Waals surface area contributed by atoms with Gasteiger partial charge in [0.25, 0.3) is 10.2 Å². The summed E-state index contributed by atoms with van der Waals surface area (Å²) in [6, 6.07) is 8.07. The van der Waals surface area contributed by atoms with E-state index >= 15 is 0 Å². The van der Waals surface area contributed by atoms with Crippen molar-refractivity contribution in [2.45, 2.75) is 25.7 Å². The Hall–Kier alpha value is -1.35. The largest absolute Gasteiger partial charge is 0.278 e. The first-order chi connectivity index (χ1) is 11.9. The number of nitrogens with one attached hydrogen (secondary N) is 1. The fourth-order valence-corrected chi connectivity index (χ4v) is 4.50. The fraction of sp³-hybridized carbons (Fsp3) is 0.529. The number of rotatable bonds is 6. The van der Waals surface area contributed by atoms with Gasteiger partial charge in [0.1, 0.15) is 0 Å². The second-order valence-corrected chi connectivity index (χ2v) is 9.64. The van der Waals surface area contributed by atoms with E-state index in [1.165, 1.54) is 18.4 Å². The minimum Gasteiger partial charge on any atom is -0.232 e. The van der Waals surface area contributed by atoms with Crippen LogP contribution >= 0.6 is 11.3 Å². The first kappa shape index (κ1) is 18.4. The topological polar surface area (TPSA) is 74.7 Å². The van der Waals surface area contributed by atoms with Gasteiger partial charge in [0.15, 0.2) is 0 Å². The number of aromatic nitrogens is 1. The van der Waals surface area contributed by atoms with Crippen LogP contribution in [0.3, 0.4) is 0 Å². The summed E-state index contributed by atoms with van der Waals surface area (Å²) in [5.74, 6) is 0.857. The Morgan fingerprint density at radius 1 is 1.28 bits per heavy atom. The molecule has 1 fully saturated rings. The Morgan fingerprint density at radius 2 is 2.00 bits per heavy atom. The van der Waals surface area contributed by atoms with Gasteiger partial charge in [-0.1, -0.05) is 23.5 Å². The highest BCUT2D eigenvalue weighted by Crippen LogP contribution is 2.30. The molecule has 1 N–H and O–H groups in total. The minimum atomic E-state index is -3.32. The van der Waals surface area contributed by atoms with Crippen LogP contribution in [-0.4, -0.2) is 44.6 Å². The highest BCUT2D eigenvalue weighted by molar-refractivity contribution is 7.87. The number of hydrogen-bond acceptors (Lipinski definition) is 5. The third-order valence-corrected chi connectivity index (χ3v) is 7.04. The lowest BCUT2D eigenvalue weighted by atomic mass is 9.83. The van der Waals surface area contributed by atoms with Gasteiger partial charge in [0, 0.05) is 26.9 Å². The van der Waals surface area contributed by atoms with Crippen molar-refractivity contribution in [3.05, 3.63) is 24.3 Å². The number of fused-ring (bicyclic) bond motifs is 1. The first-order valence-corrected chi connectivity index (χ1v) is 10.8. The van der Waals surface area contributed by atoms with Crippen molar-refractivity contribution in [1.29, 1.82) is 0 Å². The van der Waals surface area contributed by atoms with Gasteiger partial charge in [-0.05, 0) is 49.7 Å². The highest BCUT2D eigenvalue weighted by Gasteiger charge is 2.22.